The molecule has 0 N–H and O–H groups in total. The van der Waals surface area contributed by atoms with Gasteiger partial charge in [0.25, 0.3) is 5.56 Å². The third-order valence-corrected chi connectivity index (χ3v) is 3.64. The van der Waals surface area contributed by atoms with Gasteiger partial charge in [0.15, 0.2) is 0 Å². The van der Waals surface area contributed by atoms with E-state index >= 15 is 0 Å². The smallest absolute Gasteiger partial charge is 0.332 e. The van der Waals surface area contributed by atoms with E-state index < -0.39 is 0 Å². The van der Waals surface area contributed by atoms with Gasteiger partial charge < -0.3 is 4.90 Å². The molecule has 0 bridgehead atoms. The molecule has 1 fully saturated rings. The molecule has 1 aliphatic heterocycles. The lowest BCUT2D eigenvalue weighted by molar-refractivity contribution is 0.608. The summed E-state index contributed by atoms with van der Waals surface area (Å²) in [6, 6.07) is 2.02. The Balaban J connectivity index is 2.53. The Kier molecular flexibility index (Phi) is 3.09. The van der Waals surface area contributed by atoms with Crippen LogP contribution in [0.1, 0.15) is 26.2 Å². The van der Waals surface area contributed by atoms with Gasteiger partial charge in [-0.1, -0.05) is 6.92 Å². The van der Waals surface area contributed by atoms with Crippen LogP contribution in [0.15, 0.2) is 15.7 Å². The van der Waals surface area contributed by atoms with E-state index in [1.165, 1.54) is 7.05 Å². The standard InChI is InChI=1S/C12H19N3O2/c1-4-9-6-5-7-15(9)10-8-11(16)14(3)12(17)13(10)2/h8-9H,4-7H2,1-3H3. The monoisotopic (exact) mass is 237 g/mol. The van der Waals surface area contributed by atoms with Crippen LogP contribution >= 0.6 is 0 Å². The van der Waals surface area contributed by atoms with Crippen molar-refractivity contribution in [2.45, 2.75) is 32.2 Å². The fraction of sp³-hybridized carbons (Fsp3) is 0.667. The number of aromatic nitrogens is 2. The van der Waals surface area contributed by atoms with Crippen molar-refractivity contribution >= 4 is 5.82 Å². The third-order valence-electron chi connectivity index (χ3n) is 3.64. The van der Waals surface area contributed by atoms with Gasteiger partial charge in [0, 0.05) is 32.7 Å². The van der Waals surface area contributed by atoms with Crippen LogP contribution in [0.2, 0.25) is 0 Å². The first-order valence-corrected chi connectivity index (χ1v) is 6.10. The molecule has 5 nitrogen and oxygen atoms in total. The van der Waals surface area contributed by atoms with Gasteiger partial charge in [-0.15, -0.1) is 0 Å². The lowest BCUT2D eigenvalue weighted by atomic mass is 10.2. The summed E-state index contributed by atoms with van der Waals surface area (Å²) >= 11 is 0. The van der Waals surface area contributed by atoms with Gasteiger partial charge in [-0.3, -0.25) is 13.9 Å². The molecule has 0 amide bonds. The summed E-state index contributed by atoms with van der Waals surface area (Å²) in [5.74, 6) is 0.752. The molecule has 0 aliphatic carbocycles. The summed E-state index contributed by atoms with van der Waals surface area (Å²) < 4.78 is 2.70. The normalized spacial score (nSPS) is 19.9. The van der Waals surface area contributed by atoms with Gasteiger partial charge in [0.1, 0.15) is 5.82 Å². The minimum Gasteiger partial charge on any atom is -0.355 e. The van der Waals surface area contributed by atoms with Crippen molar-refractivity contribution < 1.29 is 0 Å². The summed E-state index contributed by atoms with van der Waals surface area (Å²) in [6.45, 7) is 3.07. The van der Waals surface area contributed by atoms with Crippen molar-refractivity contribution in [2.75, 3.05) is 11.4 Å². The second-order valence-electron chi connectivity index (χ2n) is 4.64. The first kappa shape index (κ1) is 12.0. The fourth-order valence-corrected chi connectivity index (χ4v) is 2.56. The van der Waals surface area contributed by atoms with E-state index in [0.717, 1.165) is 36.2 Å². The van der Waals surface area contributed by atoms with Crippen LogP contribution in [0.3, 0.4) is 0 Å². The molecule has 1 aromatic rings. The maximum atomic E-state index is 11.9. The number of anilines is 1. The minimum atomic E-state index is -0.255. The predicted molar refractivity (Wildman–Crippen MR) is 67.6 cm³/mol. The lowest BCUT2D eigenvalue weighted by Crippen LogP contribution is -2.41. The Morgan fingerprint density at radius 1 is 1.29 bits per heavy atom. The zero-order chi connectivity index (χ0) is 12.6. The van der Waals surface area contributed by atoms with E-state index in [2.05, 4.69) is 11.8 Å². The minimum absolute atomic E-state index is 0.232. The SMILES string of the molecule is CCC1CCCN1c1cc(=O)n(C)c(=O)n1C. The average molecular weight is 237 g/mol. The van der Waals surface area contributed by atoms with Crippen molar-refractivity contribution in [1.82, 2.24) is 9.13 Å². The van der Waals surface area contributed by atoms with Crippen LogP contribution in [0.4, 0.5) is 5.82 Å². The summed E-state index contributed by atoms with van der Waals surface area (Å²) in [5.41, 5.74) is -0.487. The summed E-state index contributed by atoms with van der Waals surface area (Å²) in [7, 11) is 3.23. The molecular formula is C12H19N3O2. The average Bonchev–Trinajstić information content (AvgIpc) is 2.79. The molecule has 1 aromatic heterocycles. The van der Waals surface area contributed by atoms with Gasteiger partial charge >= 0.3 is 5.69 Å². The molecule has 17 heavy (non-hydrogen) atoms. The topological polar surface area (TPSA) is 47.2 Å². The van der Waals surface area contributed by atoms with Crippen LogP contribution < -0.4 is 16.1 Å². The van der Waals surface area contributed by atoms with E-state index in [0.29, 0.717) is 6.04 Å². The van der Waals surface area contributed by atoms with Gasteiger partial charge in [-0.2, -0.15) is 0 Å². The van der Waals surface area contributed by atoms with E-state index in [9.17, 15) is 9.59 Å². The largest absolute Gasteiger partial charge is 0.355 e. The molecule has 5 heteroatoms. The van der Waals surface area contributed by atoms with E-state index in [-0.39, 0.29) is 11.2 Å². The molecule has 0 spiro atoms. The molecule has 0 saturated carbocycles. The second kappa shape index (κ2) is 4.39. The van der Waals surface area contributed by atoms with Gasteiger partial charge in [0.2, 0.25) is 0 Å². The van der Waals surface area contributed by atoms with Crippen LogP contribution in [-0.4, -0.2) is 21.7 Å². The summed E-state index contributed by atoms with van der Waals surface area (Å²) in [5, 5.41) is 0. The molecule has 1 atom stereocenters. The number of rotatable bonds is 2. The highest BCUT2D eigenvalue weighted by Crippen LogP contribution is 2.24. The molecule has 1 unspecified atom stereocenters. The van der Waals surface area contributed by atoms with Crippen molar-refractivity contribution in [3.8, 4) is 0 Å². The molecule has 2 heterocycles. The highest BCUT2D eigenvalue weighted by atomic mass is 16.2. The van der Waals surface area contributed by atoms with Crippen molar-refractivity contribution in [1.29, 1.82) is 0 Å². The Hall–Kier alpha value is -1.52. The Labute approximate surface area is 100 Å². The molecular weight excluding hydrogens is 218 g/mol. The third kappa shape index (κ3) is 1.90. The van der Waals surface area contributed by atoms with Crippen LogP contribution in [-0.2, 0) is 14.1 Å². The van der Waals surface area contributed by atoms with Crippen molar-refractivity contribution in [3.63, 3.8) is 0 Å². The second-order valence-corrected chi connectivity index (χ2v) is 4.64. The maximum Gasteiger partial charge on any atom is 0.332 e. The van der Waals surface area contributed by atoms with Gasteiger partial charge in [0.05, 0.1) is 0 Å². The summed E-state index contributed by atoms with van der Waals surface area (Å²) in [6.07, 6.45) is 3.31. The Morgan fingerprint density at radius 2 is 2.00 bits per heavy atom. The zero-order valence-electron chi connectivity index (χ0n) is 10.6. The Bertz CT molecular complexity index is 530. The Morgan fingerprint density at radius 3 is 2.65 bits per heavy atom. The molecule has 94 valence electrons. The number of hydrogen-bond donors (Lipinski definition) is 0. The molecule has 2 rings (SSSR count). The van der Waals surface area contributed by atoms with Crippen molar-refractivity contribution in [2.24, 2.45) is 14.1 Å². The van der Waals surface area contributed by atoms with Gasteiger partial charge in [-0.05, 0) is 19.3 Å². The van der Waals surface area contributed by atoms with Crippen LogP contribution in [0.5, 0.6) is 0 Å². The molecule has 1 aliphatic rings. The number of nitrogens with zero attached hydrogens (tertiary/aromatic N) is 3. The first-order valence-electron chi connectivity index (χ1n) is 6.10. The maximum absolute atomic E-state index is 11.9. The zero-order valence-corrected chi connectivity index (χ0v) is 10.6. The first-order chi connectivity index (χ1) is 8.06. The summed E-state index contributed by atoms with van der Waals surface area (Å²) in [4.78, 5) is 25.7. The van der Waals surface area contributed by atoms with Gasteiger partial charge in [-0.25, -0.2) is 4.79 Å². The number of hydrogen-bond acceptors (Lipinski definition) is 3. The van der Waals surface area contributed by atoms with Crippen molar-refractivity contribution in [3.05, 3.63) is 26.9 Å². The van der Waals surface area contributed by atoms with Crippen LogP contribution in [0, 0.1) is 0 Å². The van der Waals surface area contributed by atoms with E-state index in [1.54, 1.807) is 17.7 Å². The molecule has 0 radical (unpaired) electrons. The molecule has 1 saturated heterocycles. The highest BCUT2D eigenvalue weighted by molar-refractivity contribution is 5.41. The van der Waals surface area contributed by atoms with E-state index in [4.69, 9.17) is 0 Å². The van der Waals surface area contributed by atoms with E-state index in [1.807, 2.05) is 0 Å². The molecule has 0 aromatic carbocycles. The quantitative estimate of drug-likeness (QED) is 0.751. The lowest BCUT2D eigenvalue weighted by Gasteiger charge is -2.27. The fourth-order valence-electron chi connectivity index (χ4n) is 2.56. The van der Waals surface area contributed by atoms with Crippen LogP contribution in [0.25, 0.3) is 0 Å². The predicted octanol–water partition coefficient (Wildman–Crippen LogP) is 0.463. The highest BCUT2D eigenvalue weighted by Gasteiger charge is 2.25.